The third-order valence-electron chi connectivity index (χ3n) is 2.42. The highest BCUT2D eigenvalue weighted by molar-refractivity contribution is 7.90. The number of morpholine rings is 1. The van der Waals surface area contributed by atoms with Gasteiger partial charge in [-0.1, -0.05) is 0 Å². The molecule has 1 saturated heterocycles. The SMILES string of the molecule is CS(=O)(=O)CCC(N)C(=O)NN1CCOCC1. The molecule has 0 radical (unpaired) electrons. The third-order valence-corrected chi connectivity index (χ3v) is 3.39. The quantitative estimate of drug-likeness (QED) is 0.603. The average molecular weight is 265 g/mol. The first-order valence-corrected chi connectivity index (χ1v) is 7.51. The summed E-state index contributed by atoms with van der Waals surface area (Å²) in [5.74, 6) is -0.430. The molecule has 0 aromatic carbocycles. The van der Waals surface area contributed by atoms with E-state index in [-0.39, 0.29) is 18.1 Å². The van der Waals surface area contributed by atoms with Crippen molar-refractivity contribution in [2.75, 3.05) is 38.3 Å². The zero-order chi connectivity index (χ0) is 12.9. The molecule has 8 heteroatoms. The van der Waals surface area contributed by atoms with Crippen molar-refractivity contribution in [2.45, 2.75) is 12.5 Å². The van der Waals surface area contributed by atoms with Crippen LogP contribution in [-0.2, 0) is 19.4 Å². The molecule has 1 aliphatic heterocycles. The molecular formula is C9H19N3O4S. The van der Waals surface area contributed by atoms with Gasteiger partial charge < -0.3 is 10.5 Å². The second-order valence-electron chi connectivity index (χ2n) is 4.10. The van der Waals surface area contributed by atoms with Gasteiger partial charge in [0.2, 0.25) is 0 Å². The van der Waals surface area contributed by atoms with Crippen molar-refractivity contribution in [3.05, 3.63) is 0 Å². The number of hydrazine groups is 1. The summed E-state index contributed by atoms with van der Waals surface area (Å²) in [7, 11) is -3.08. The van der Waals surface area contributed by atoms with Crippen molar-refractivity contribution in [1.29, 1.82) is 0 Å². The van der Waals surface area contributed by atoms with Gasteiger partial charge in [-0.3, -0.25) is 10.2 Å². The molecule has 0 aromatic rings. The molecule has 100 valence electrons. The fourth-order valence-electron chi connectivity index (χ4n) is 1.39. The van der Waals surface area contributed by atoms with Crippen molar-refractivity contribution in [3.63, 3.8) is 0 Å². The van der Waals surface area contributed by atoms with Crippen LogP contribution in [0, 0.1) is 0 Å². The van der Waals surface area contributed by atoms with E-state index < -0.39 is 15.9 Å². The molecule has 0 aliphatic carbocycles. The molecule has 7 nitrogen and oxygen atoms in total. The fourth-order valence-corrected chi connectivity index (χ4v) is 2.07. The highest BCUT2D eigenvalue weighted by Gasteiger charge is 2.19. The largest absolute Gasteiger partial charge is 0.379 e. The first-order chi connectivity index (χ1) is 7.88. The molecule has 1 fully saturated rings. The van der Waals surface area contributed by atoms with Gasteiger partial charge in [0.15, 0.2) is 0 Å². The van der Waals surface area contributed by atoms with Crippen LogP contribution < -0.4 is 11.2 Å². The van der Waals surface area contributed by atoms with Crippen molar-refractivity contribution in [2.24, 2.45) is 5.73 Å². The van der Waals surface area contributed by atoms with Crippen LogP contribution in [0.5, 0.6) is 0 Å². The van der Waals surface area contributed by atoms with Crippen LogP contribution in [-0.4, -0.2) is 63.7 Å². The Kier molecular flexibility index (Phi) is 5.31. The van der Waals surface area contributed by atoms with Gasteiger partial charge in [0, 0.05) is 19.3 Å². The van der Waals surface area contributed by atoms with Crippen LogP contribution in [0.1, 0.15) is 6.42 Å². The van der Waals surface area contributed by atoms with E-state index in [1.165, 1.54) is 0 Å². The Bertz CT molecular complexity index is 351. The Morgan fingerprint density at radius 1 is 1.47 bits per heavy atom. The van der Waals surface area contributed by atoms with Gasteiger partial charge in [-0.15, -0.1) is 0 Å². The van der Waals surface area contributed by atoms with E-state index in [0.717, 1.165) is 6.26 Å². The lowest BCUT2D eigenvalue weighted by molar-refractivity contribution is -0.129. The smallest absolute Gasteiger partial charge is 0.251 e. The molecule has 3 N–H and O–H groups in total. The molecule has 1 amide bonds. The molecule has 0 bridgehead atoms. The highest BCUT2D eigenvalue weighted by Crippen LogP contribution is 1.97. The topological polar surface area (TPSA) is 102 Å². The van der Waals surface area contributed by atoms with Gasteiger partial charge in [-0.05, 0) is 6.42 Å². The third kappa shape index (κ3) is 5.97. The Morgan fingerprint density at radius 2 is 2.06 bits per heavy atom. The van der Waals surface area contributed by atoms with Crippen LogP contribution in [0.3, 0.4) is 0 Å². The summed E-state index contributed by atoms with van der Waals surface area (Å²) < 4.78 is 27.0. The second kappa shape index (κ2) is 6.29. The lowest BCUT2D eigenvalue weighted by Gasteiger charge is -2.28. The summed E-state index contributed by atoms with van der Waals surface area (Å²) >= 11 is 0. The average Bonchev–Trinajstić information content (AvgIpc) is 2.26. The van der Waals surface area contributed by atoms with E-state index in [1.807, 2.05) is 0 Å². The number of hydrogen-bond donors (Lipinski definition) is 2. The minimum absolute atomic E-state index is 0.0787. The molecule has 0 spiro atoms. The molecule has 17 heavy (non-hydrogen) atoms. The minimum Gasteiger partial charge on any atom is -0.379 e. The molecule has 1 heterocycles. The Hall–Kier alpha value is -0.700. The summed E-state index contributed by atoms with van der Waals surface area (Å²) in [4.78, 5) is 11.6. The summed E-state index contributed by atoms with van der Waals surface area (Å²) in [6, 6.07) is -0.799. The predicted octanol–water partition coefficient (Wildman–Crippen LogP) is -1.89. The molecular weight excluding hydrogens is 246 g/mol. The number of ether oxygens (including phenoxy) is 1. The zero-order valence-electron chi connectivity index (χ0n) is 9.89. The standard InChI is InChI=1S/C9H19N3O4S/c1-17(14,15)7-2-8(10)9(13)11-12-3-5-16-6-4-12/h8H,2-7,10H2,1H3,(H,11,13). The van der Waals surface area contributed by atoms with Gasteiger partial charge in [-0.25, -0.2) is 13.4 Å². The minimum atomic E-state index is -3.08. The van der Waals surface area contributed by atoms with E-state index in [0.29, 0.717) is 26.3 Å². The number of carbonyl (C=O) groups is 1. The summed E-state index contributed by atoms with van der Waals surface area (Å²) in [5.41, 5.74) is 8.26. The number of hydrogen-bond acceptors (Lipinski definition) is 6. The van der Waals surface area contributed by atoms with Crippen molar-refractivity contribution in [3.8, 4) is 0 Å². The van der Waals surface area contributed by atoms with Gasteiger partial charge in [0.05, 0.1) is 25.0 Å². The van der Waals surface area contributed by atoms with Crippen LogP contribution >= 0.6 is 0 Å². The summed E-state index contributed by atoms with van der Waals surface area (Å²) in [5, 5.41) is 1.73. The fraction of sp³-hybridized carbons (Fsp3) is 0.889. The van der Waals surface area contributed by atoms with E-state index in [2.05, 4.69) is 5.43 Å². The van der Waals surface area contributed by atoms with Crippen LogP contribution in [0.4, 0.5) is 0 Å². The first-order valence-electron chi connectivity index (χ1n) is 5.45. The molecule has 1 rings (SSSR count). The molecule has 0 saturated carbocycles. The molecule has 1 atom stereocenters. The predicted molar refractivity (Wildman–Crippen MR) is 62.8 cm³/mol. The first kappa shape index (κ1) is 14.4. The monoisotopic (exact) mass is 265 g/mol. The number of nitrogens with one attached hydrogen (secondary N) is 1. The number of nitrogens with two attached hydrogens (primary N) is 1. The lowest BCUT2D eigenvalue weighted by atomic mass is 10.2. The Balaban J connectivity index is 2.30. The number of carbonyl (C=O) groups excluding carboxylic acids is 1. The summed E-state index contributed by atoms with van der Waals surface area (Å²) in [6.07, 6.45) is 1.26. The van der Waals surface area contributed by atoms with Crippen molar-refractivity contribution in [1.82, 2.24) is 10.4 Å². The Morgan fingerprint density at radius 3 is 2.59 bits per heavy atom. The van der Waals surface area contributed by atoms with Crippen molar-refractivity contribution >= 4 is 15.7 Å². The van der Waals surface area contributed by atoms with Crippen LogP contribution in [0.15, 0.2) is 0 Å². The highest BCUT2D eigenvalue weighted by atomic mass is 32.2. The normalized spacial score (nSPS) is 19.9. The molecule has 0 aromatic heterocycles. The van der Waals surface area contributed by atoms with E-state index in [9.17, 15) is 13.2 Å². The van der Waals surface area contributed by atoms with E-state index in [4.69, 9.17) is 10.5 Å². The molecule has 1 aliphatic rings. The lowest BCUT2D eigenvalue weighted by Crippen LogP contribution is -2.53. The summed E-state index contributed by atoms with van der Waals surface area (Å²) in [6.45, 7) is 2.37. The maximum Gasteiger partial charge on any atom is 0.251 e. The van der Waals surface area contributed by atoms with Crippen molar-refractivity contribution < 1.29 is 17.9 Å². The number of nitrogens with zero attached hydrogens (tertiary/aromatic N) is 1. The Labute approximate surface area is 101 Å². The van der Waals surface area contributed by atoms with Gasteiger partial charge in [0.25, 0.3) is 5.91 Å². The van der Waals surface area contributed by atoms with Gasteiger partial charge in [-0.2, -0.15) is 0 Å². The van der Waals surface area contributed by atoms with Gasteiger partial charge in [0.1, 0.15) is 9.84 Å². The number of rotatable bonds is 5. The van der Waals surface area contributed by atoms with Gasteiger partial charge >= 0.3 is 0 Å². The maximum absolute atomic E-state index is 11.6. The molecule has 1 unspecified atom stereocenters. The number of amides is 1. The zero-order valence-corrected chi connectivity index (χ0v) is 10.7. The van der Waals surface area contributed by atoms with E-state index >= 15 is 0 Å². The maximum atomic E-state index is 11.6. The second-order valence-corrected chi connectivity index (χ2v) is 6.36. The van der Waals surface area contributed by atoms with Crippen LogP contribution in [0.25, 0.3) is 0 Å². The van der Waals surface area contributed by atoms with Crippen LogP contribution in [0.2, 0.25) is 0 Å². The number of sulfone groups is 1. The van der Waals surface area contributed by atoms with E-state index in [1.54, 1.807) is 5.01 Å².